The number of allylic oxidation sites excluding steroid dienone is 2. The smallest absolute Gasteiger partial charge is 0.152 e. The van der Waals surface area contributed by atoms with Gasteiger partial charge < -0.3 is 5.73 Å². The van der Waals surface area contributed by atoms with Gasteiger partial charge in [-0.2, -0.15) is 0 Å². The van der Waals surface area contributed by atoms with E-state index in [1.807, 2.05) is 23.1 Å². The Labute approximate surface area is 139 Å². The van der Waals surface area contributed by atoms with Crippen LogP contribution in [-0.2, 0) is 0 Å². The van der Waals surface area contributed by atoms with Gasteiger partial charge >= 0.3 is 0 Å². The first kappa shape index (κ1) is 21.4. The molecule has 0 amide bonds. The molecule has 0 rings (SSSR count). The minimum absolute atomic E-state index is 0.0339. The lowest BCUT2D eigenvalue weighted by Crippen LogP contribution is -2.17. The SMILES string of the molecule is C=CC(C)/C(Cl)=N\C=N/C(C)/C(=C/CCC(F)(P)CF)CN. The molecule has 0 radical (unpaired) electrons. The summed E-state index contributed by atoms with van der Waals surface area (Å²) in [5, 5.41) is -1.47. The van der Waals surface area contributed by atoms with Crippen molar-refractivity contribution < 1.29 is 8.78 Å². The van der Waals surface area contributed by atoms with E-state index in [0.717, 1.165) is 5.57 Å². The monoisotopic (exact) mass is 351 g/mol. The standard InChI is InChI=1S/C15H25ClF2N3P/c1-4-11(2)14(16)21-10-20-12(3)13(8-19)6-5-7-15(18,22)9-17/h4,6,10-12H,1,5,7-9,19,22H2,2-3H3/b13-6+,20-10-,21-14+. The molecule has 0 fully saturated rings. The molecule has 4 atom stereocenters. The van der Waals surface area contributed by atoms with Crippen LogP contribution in [0.1, 0.15) is 26.7 Å². The molecule has 0 heterocycles. The van der Waals surface area contributed by atoms with Gasteiger partial charge in [0.15, 0.2) is 5.41 Å². The van der Waals surface area contributed by atoms with Gasteiger partial charge in [0.05, 0.1) is 6.04 Å². The summed E-state index contributed by atoms with van der Waals surface area (Å²) in [5.74, 6) is -0.0339. The van der Waals surface area contributed by atoms with E-state index in [1.165, 1.54) is 6.34 Å². The number of halogens is 3. The van der Waals surface area contributed by atoms with Crippen LogP contribution >= 0.6 is 20.8 Å². The van der Waals surface area contributed by atoms with Gasteiger partial charge in [0.25, 0.3) is 0 Å². The summed E-state index contributed by atoms with van der Waals surface area (Å²) in [7, 11) is 1.89. The summed E-state index contributed by atoms with van der Waals surface area (Å²) >= 11 is 5.95. The highest BCUT2D eigenvalue weighted by molar-refractivity contribution is 7.18. The fourth-order valence-corrected chi connectivity index (χ4v) is 1.79. The van der Waals surface area contributed by atoms with Crippen LogP contribution in [0.4, 0.5) is 8.78 Å². The Morgan fingerprint density at radius 3 is 2.64 bits per heavy atom. The number of nitrogens with two attached hydrogens (primary N) is 1. The number of alkyl halides is 2. The Hall–Kier alpha value is -0.640. The maximum Gasteiger partial charge on any atom is 0.152 e. The van der Waals surface area contributed by atoms with E-state index >= 15 is 0 Å². The molecule has 22 heavy (non-hydrogen) atoms. The zero-order valence-electron chi connectivity index (χ0n) is 13.1. The van der Waals surface area contributed by atoms with E-state index in [0.29, 0.717) is 18.1 Å². The summed E-state index contributed by atoms with van der Waals surface area (Å²) in [6.07, 6.45) is 5.34. The molecule has 0 aliphatic carbocycles. The third-order valence-corrected chi connectivity index (χ3v) is 4.05. The summed E-state index contributed by atoms with van der Waals surface area (Å²) in [5.41, 5.74) is 6.51. The van der Waals surface area contributed by atoms with Crippen molar-refractivity contribution in [2.45, 2.75) is 38.1 Å². The van der Waals surface area contributed by atoms with Crippen molar-refractivity contribution in [1.82, 2.24) is 0 Å². The van der Waals surface area contributed by atoms with Crippen molar-refractivity contribution in [3.8, 4) is 0 Å². The zero-order valence-corrected chi connectivity index (χ0v) is 15.0. The number of hydrogen-bond donors (Lipinski definition) is 1. The normalized spacial score (nSPS) is 19.0. The highest BCUT2D eigenvalue weighted by Crippen LogP contribution is 2.27. The van der Waals surface area contributed by atoms with Crippen LogP contribution in [0.3, 0.4) is 0 Å². The Morgan fingerprint density at radius 2 is 2.14 bits per heavy atom. The van der Waals surface area contributed by atoms with Gasteiger partial charge in [-0.15, -0.1) is 6.58 Å². The molecule has 0 saturated heterocycles. The van der Waals surface area contributed by atoms with Gasteiger partial charge in [-0.1, -0.05) is 39.9 Å². The number of nitrogens with zero attached hydrogens (tertiary/aromatic N) is 2. The van der Waals surface area contributed by atoms with Crippen molar-refractivity contribution in [3.63, 3.8) is 0 Å². The van der Waals surface area contributed by atoms with E-state index < -0.39 is 12.1 Å². The average molecular weight is 352 g/mol. The molecule has 126 valence electrons. The van der Waals surface area contributed by atoms with Crippen molar-refractivity contribution in [3.05, 3.63) is 24.3 Å². The highest BCUT2D eigenvalue weighted by Gasteiger charge is 2.22. The fraction of sp³-hybridized carbons (Fsp3) is 0.600. The summed E-state index contributed by atoms with van der Waals surface area (Å²) in [6, 6.07) is -0.193. The summed E-state index contributed by atoms with van der Waals surface area (Å²) < 4.78 is 25.8. The maximum absolute atomic E-state index is 13.4. The van der Waals surface area contributed by atoms with Gasteiger partial charge in [-0.3, -0.25) is 4.99 Å². The Bertz CT molecular complexity index is 437. The number of rotatable bonds is 10. The zero-order chi connectivity index (χ0) is 17.2. The fourth-order valence-electron chi connectivity index (χ4n) is 1.49. The van der Waals surface area contributed by atoms with Crippen LogP contribution in [0.15, 0.2) is 34.3 Å². The van der Waals surface area contributed by atoms with Crippen LogP contribution in [0, 0.1) is 5.92 Å². The minimum Gasteiger partial charge on any atom is -0.327 e. The first-order valence-electron chi connectivity index (χ1n) is 7.07. The summed E-state index contributed by atoms with van der Waals surface area (Å²) in [6.45, 7) is 6.64. The van der Waals surface area contributed by atoms with Gasteiger partial charge in [0.1, 0.15) is 18.2 Å². The largest absolute Gasteiger partial charge is 0.327 e. The Kier molecular flexibility index (Phi) is 10.7. The second kappa shape index (κ2) is 11.0. The van der Waals surface area contributed by atoms with E-state index in [4.69, 9.17) is 17.3 Å². The van der Waals surface area contributed by atoms with Crippen LogP contribution in [-0.4, -0.2) is 36.2 Å². The molecular weight excluding hydrogens is 327 g/mol. The molecule has 0 aliphatic heterocycles. The second-order valence-electron chi connectivity index (χ2n) is 5.11. The van der Waals surface area contributed by atoms with Crippen molar-refractivity contribution in [1.29, 1.82) is 0 Å². The highest BCUT2D eigenvalue weighted by atomic mass is 35.5. The van der Waals surface area contributed by atoms with Gasteiger partial charge in [-0.05, 0) is 25.3 Å². The minimum atomic E-state index is -1.87. The lowest BCUT2D eigenvalue weighted by atomic mass is 10.1. The lowest BCUT2D eigenvalue weighted by molar-refractivity contribution is 0.210. The topological polar surface area (TPSA) is 50.7 Å². The van der Waals surface area contributed by atoms with E-state index in [9.17, 15) is 8.78 Å². The number of aliphatic imine (C=N–C) groups is 2. The van der Waals surface area contributed by atoms with E-state index in [2.05, 4.69) is 16.6 Å². The van der Waals surface area contributed by atoms with Crippen molar-refractivity contribution in [2.75, 3.05) is 13.2 Å². The van der Waals surface area contributed by atoms with Crippen LogP contribution in [0.2, 0.25) is 0 Å². The molecule has 2 N–H and O–H groups in total. The molecular formula is C15H25ClF2N3P. The Morgan fingerprint density at radius 1 is 1.50 bits per heavy atom. The third-order valence-electron chi connectivity index (χ3n) is 3.16. The van der Waals surface area contributed by atoms with E-state index in [1.54, 1.807) is 12.2 Å². The molecule has 0 aliphatic rings. The molecule has 0 bridgehead atoms. The molecule has 3 nitrogen and oxygen atoms in total. The quantitative estimate of drug-likeness (QED) is 0.274. The number of hydrogen-bond acceptors (Lipinski definition) is 2. The van der Waals surface area contributed by atoms with E-state index in [-0.39, 0.29) is 18.4 Å². The van der Waals surface area contributed by atoms with Crippen LogP contribution < -0.4 is 5.73 Å². The van der Waals surface area contributed by atoms with Gasteiger partial charge in [0.2, 0.25) is 0 Å². The predicted molar refractivity (Wildman–Crippen MR) is 96.5 cm³/mol. The third kappa shape index (κ3) is 8.72. The molecule has 4 unspecified atom stereocenters. The van der Waals surface area contributed by atoms with Crippen LogP contribution in [0.25, 0.3) is 0 Å². The molecule has 0 spiro atoms. The molecule has 7 heteroatoms. The van der Waals surface area contributed by atoms with Crippen molar-refractivity contribution in [2.24, 2.45) is 21.6 Å². The van der Waals surface area contributed by atoms with Gasteiger partial charge in [-0.25, -0.2) is 13.8 Å². The summed E-state index contributed by atoms with van der Waals surface area (Å²) in [4.78, 5) is 8.26. The first-order valence-corrected chi connectivity index (χ1v) is 8.03. The lowest BCUT2D eigenvalue weighted by Gasteiger charge is -2.15. The van der Waals surface area contributed by atoms with Crippen molar-refractivity contribution >= 4 is 32.4 Å². The molecule has 0 aromatic rings. The first-order chi connectivity index (χ1) is 10.3. The maximum atomic E-state index is 13.4. The van der Waals surface area contributed by atoms with Gasteiger partial charge in [0, 0.05) is 12.5 Å². The predicted octanol–water partition coefficient (Wildman–Crippen LogP) is 4.04. The van der Waals surface area contributed by atoms with Crippen LogP contribution in [0.5, 0.6) is 0 Å². The Balaban J connectivity index is 4.65. The second-order valence-corrected chi connectivity index (χ2v) is 6.53. The molecule has 0 saturated carbocycles. The molecule has 0 aromatic heterocycles. The molecule has 0 aromatic carbocycles. The average Bonchev–Trinajstić information content (AvgIpc) is 2.50.